The average molecular weight is 310 g/mol. The molecule has 1 atom stereocenters. The van der Waals surface area contributed by atoms with Gasteiger partial charge in [-0.3, -0.25) is 9.59 Å². The first-order valence-electron chi connectivity index (χ1n) is 6.85. The fraction of sp³-hybridized carbons (Fsp3) is 0.467. The quantitative estimate of drug-likeness (QED) is 0.862. The summed E-state index contributed by atoms with van der Waals surface area (Å²) < 4.78 is 14.3. The van der Waals surface area contributed by atoms with E-state index in [1.54, 1.807) is 11.8 Å². The Morgan fingerprint density at radius 1 is 1.43 bits per heavy atom. The van der Waals surface area contributed by atoms with Crippen LogP contribution in [0.4, 0.5) is 4.39 Å². The number of carbonyl (C=O) groups is 2. The van der Waals surface area contributed by atoms with Crippen molar-refractivity contribution in [3.05, 3.63) is 29.8 Å². The number of amides is 2. The molecule has 1 aromatic rings. The largest absolute Gasteiger partial charge is 0.367 e. The molecule has 2 N–H and O–H groups in total. The molecule has 1 fully saturated rings. The Bertz CT molecular complexity index is 552. The van der Waals surface area contributed by atoms with E-state index < -0.39 is 11.6 Å². The molecule has 0 saturated carbocycles. The lowest BCUT2D eigenvalue weighted by atomic mass is 9.93. The molecular weight excluding hydrogens is 291 g/mol. The van der Waals surface area contributed by atoms with Gasteiger partial charge < -0.3 is 10.6 Å². The summed E-state index contributed by atoms with van der Waals surface area (Å²) in [5.41, 5.74) is 3.94. The Balaban J connectivity index is 2.08. The van der Waals surface area contributed by atoms with E-state index in [0.717, 1.165) is 10.5 Å². The van der Waals surface area contributed by atoms with Crippen molar-refractivity contribution >= 4 is 23.6 Å². The van der Waals surface area contributed by atoms with Crippen LogP contribution in [0.15, 0.2) is 29.2 Å². The maximum Gasteiger partial charge on any atom is 0.256 e. The molecule has 6 heteroatoms. The van der Waals surface area contributed by atoms with Crippen molar-refractivity contribution in [3.63, 3.8) is 0 Å². The van der Waals surface area contributed by atoms with E-state index in [0.29, 0.717) is 13.0 Å². The smallest absolute Gasteiger partial charge is 0.256 e. The monoisotopic (exact) mass is 310 g/mol. The van der Waals surface area contributed by atoms with E-state index in [9.17, 15) is 14.0 Å². The topological polar surface area (TPSA) is 63.4 Å². The molecule has 1 aliphatic heterocycles. The second-order valence-electron chi connectivity index (χ2n) is 5.24. The molecule has 0 spiro atoms. The summed E-state index contributed by atoms with van der Waals surface area (Å²) in [5, 5.41) is 0. The first kappa shape index (κ1) is 15.8. The van der Waals surface area contributed by atoms with Crippen molar-refractivity contribution in [1.82, 2.24) is 4.90 Å². The summed E-state index contributed by atoms with van der Waals surface area (Å²) in [4.78, 5) is 26.0. The van der Waals surface area contributed by atoms with Gasteiger partial charge in [0.2, 0.25) is 11.6 Å². The van der Waals surface area contributed by atoms with Gasteiger partial charge in [-0.05, 0) is 30.7 Å². The Labute approximate surface area is 127 Å². The second-order valence-corrected chi connectivity index (χ2v) is 6.09. The van der Waals surface area contributed by atoms with Crippen molar-refractivity contribution in [2.45, 2.75) is 29.8 Å². The van der Waals surface area contributed by atoms with Gasteiger partial charge >= 0.3 is 0 Å². The molecule has 2 amide bonds. The third-order valence-corrected chi connectivity index (χ3v) is 4.61. The lowest BCUT2D eigenvalue weighted by Gasteiger charge is -2.35. The Kier molecular flexibility index (Phi) is 4.88. The van der Waals surface area contributed by atoms with Crippen LogP contribution in [0.5, 0.6) is 0 Å². The summed E-state index contributed by atoms with van der Waals surface area (Å²) in [5.74, 6) is -1.15. The van der Waals surface area contributed by atoms with Gasteiger partial charge in [0.05, 0.1) is 13.0 Å². The molecule has 21 heavy (non-hydrogen) atoms. The van der Waals surface area contributed by atoms with Crippen molar-refractivity contribution in [1.29, 1.82) is 0 Å². The summed E-state index contributed by atoms with van der Waals surface area (Å²) in [6, 6.07) is 7.64. The highest BCUT2D eigenvalue weighted by molar-refractivity contribution is 7.98. The number of alkyl halides is 1. The number of halogens is 1. The highest BCUT2D eigenvalue weighted by Gasteiger charge is 2.42. The van der Waals surface area contributed by atoms with Crippen LogP contribution < -0.4 is 5.73 Å². The Hall–Kier alpha value is -1.56. The van der Waals surface area contributed by atoms with Crippen molar-refractivity contribution in [2.24, 2.45) is 5.73 Å². The van der Waals surface area contributed by atoms with Crippen LogP contribution in [0, 0.1) is 0 Å². The third-order valence-electron chi connectivity index (χ3n) is 3.77. The van der Waals surface area contributed by atoms with Gasteiger partial charge in [-0.2, -0.15) is 0 Å². The SMILES string of the molecule is CSc1ccccc1CC(=O)N1CCC[C@](F)(C(N)=O)C1. The van der Waals surface area contributed by atoms with Gasteiger partial charge in [-0.1, -0.05) is 18.2 Å². The summed E-state index contributed by atoms with van der Waals surface area (Å²) in [7, 11) is 0. The number of thioether (sulfide) groups is 1. The van der Waals surface area contributed by atoms with Crippen LogP contribution >= 0.6 is 11.8 Å². The first-order valence-corrected chi connectivity index (χ1v) is 8.07. The molecule has 1 aromatic carbocycles. The first-order chi connectivity index (χ1) is 9.96. The van der Waals surface area contributed by atoms with Crippen LogP contribution in [0.2, 0.25) is 0 Å². The molecule has 0 radical (unpaired) electrons. The number of likely N-dealkylation sites (tertiary alicyclic amines) is 1. The zero-order chi connectivity index (χ0) is 15.5. The normalized spacial score (nSPS) is 22.1. The highest BCUT2D eigenvalue weighted by atomic mass is 32.2. The molecule has 2 rings (SSSR count). The van der Waals surface area contributed by atoms with Crippen LogP contribution in [-0.2, 0) is 16.0 Å². The molecule has 1 heterocycles. The standard InChI is InChI=1S/C15H19FN2O2S/c1-21-12-6-3-2-5-11(12)9-13(19)18-8-4-7-15(16,10-18)14(17)20/h2-3,5-6H,4,7-10H2,1H3,(H2,17,20)/t15-/m1/s1. The lowest BCUT2D eigenvalue weighted by Crippen LogP contribution is -2.54. The number of hydrogen-bond acceptors (Lipinski definition) is 3. The van der Waals surface area contributed by atoms with Crippen LogP contribution in [0.3, 0.4) is 0 Å². The van der Waals surface area contributed by atoms with Crippen LogP contribution in [0.25, 0.3) is 0 Å². The Morgan fingerprint density at radius 2 is 2.14 bits per heavy atom. The van der Waals surface area contributed by atoms with Gasteiger partial charge in [0, 0.05) is 11.4 Å². The van der Waals surface area contributed by atoms with Gasteiger partial charge in [-0.15, -0.1) is 11.8 Å². The van der Waals surface area contributed by atoms with Gasteiger partial charge in [0.1, 0.15) is 0 Å². The lowest BCUT2D eigenvalue weighted by molar-refractivity contribution is -0.141. The van der Waals surface area contributed by atoms with Gasteiger partial charge in [0.15, 0.2) is 0 Å². The fourth-order valence-electron chi connectivity index (χ4n) is 2.55. The molecule has 0 unspecified atom stereocenters. The molecule has 0 bridgehead atoms. The zero-order valence-corrected chi connectivity index (χ0v) is 12.8. The van der Waals surface area contributed by atoms with E-state index >= 15 is 0 Å². The zero-order valence-electron chi connectivity index (χ0n) is 12.0. The Morgan fingerprint density at radius 3 is 2.81 bits per heavy atom. The number of rotatable bonds is 4. The second kappa shape index (κ2) is 6.47. The summed E-state index contributed by atoms with van der Waals surface area (Å²) in [6.45, 7) is 0.238. The van der Waals surface area contributed by atoms with E-state index in [4.69, 9.17) is 5.73 Å². The molecule has 1 saturated heterocycles. The third kappa shape index (κ3) is 3.56. The molecule has 4 nitrogen and oxygen atoms in total. The number of nitrogens with zero attached hydrogens (tertiary/aromatic N) is 1. The summed E-state index contributed by atoms with van der Waals surface area (Å²) in [6.07, 6.45) is 2.71. The number of nitrogens with two attached hydrogens (primary N) is 1. The number of carbonyl (C=O) groups excluding carboxylic acids is 2. The van der Waals surface area contributed by atoms with Crippen LogP contribution in [-0.4, -0.2) is 41.7 Å². The highest BCUT2D eigenvalue weighted by Crippen LogP contribution is 2.26. The maximum atomic E-state index is 14.3. The molecule has 0 aromatic heterocycles. The predicted octanol–water partition coefficient (Wildman–Crippen LogP) is 1.77. The van der Waals surface area contributed by atoms with E-state index in [2.05, 4.69) is 0 Å². The maximum absolute atomic E-state index is 14.3. The van der Waals surface area contributed by atoms with Crippen molar-refractivity contribution in [2.75, 3.05) is 19.3 Å². The summed E-state index contributed by atoms with van der Waals surface area (Å²) >= 11 is 1.57. The van der Waals surface area contributed by atoms with Crippen molar-refractivity contribution in [3.8, 4) is 0 Å². The van der Waals surface area contributed by atoms with E-state index in [1.807, 2.05) is 30.5 Å². The molecule has 114 valence electrons. The molecular formula is C15H19FN2O2S. The molecule has 1 aliphatic rings. The number of piperidine rings is 1. The van der Waals surface area contributed by atoms with Gasteiger partial charge in [0.25, 0.3) is 5.91 Å². The van der Waals surface area contributed by atoms with E-state index in [-0.39, 0.29) is 25.3 Å². The minimum atomic E-state index is -2.09. The average Bonchev–Trinajstić information content (AvgIpc) is 2.47. The fourth-order valence-corrected chi connectivity index (χ4v) is 3.17. The van der Waals surface area contributed by atoms with Gasteiger partial charge in [-0.25, -0.2) is 4.39 Å². The predicted molar refractivity (Wildman–Crippen MR) is 80.8 cm³/mol. The number of hydrogen-bond donors (Lipinski definition) is 1. The van der Waals surface area contributed by atoms with E-state index in [1.165, 1.54) is 4.90 Å². The van der Waals surface area contributed by atoms with Crippen molar-refractivity contribution < 1.29 is 14.0 Å². The number of primary amides is 1. The number of benzene rings is 1. The minimum Gasteiger partial charge on any atom is -0.367 e. The minimum absolute atomic E-state index is 0.0908. The molecule has 0 aliphatic carbocycles. The van der Waals surface area contributed by atoms with Crippen LogP contribution in [0.1, 0.15) is 18.4 Å².